The molecular weight excluding hydrogens is 274 g/mol. The molecule has 0 N–H and O–H groups in total. The van der Waals surface area contributed by atoms with Gasteiger partial charge in [0.1, 0.15) is 0 Å². The second-order valence-electron chi connectivity index (χ2n) is 1.99. The van der Waals surface area contributed by atoms with E-state index in [0.717, 1.165) is 6.20 Å². The van der Waals surface area contributed by atoms with Crippen LogP contribution in [0, 0.1) is 0 Å². The van der Waals surface area contributed by atoms with E-state index in [4.69, 9.17) is 11.6 Å². The number of aromatic nitrogens is 1. The smallest absolute Gasteiger partial charge is 0.387 e. The molecule has 0 spiro atoms. The van der Waals surface area contributed by atoms with E-state index < -0.39 is 12.2 Å². The molecule has 1 heterocycles. The molecular formula is C6H2BrClF3NO. The van der Waals surface area contributed by atoms with Crippen LogP contribution in [0.5, 0.6) is 5.88 Å². The largest absolute Gasteiger partial charge is 0.574 e. The van der Waals surface area contributed by atoms with Crippen LogP contribution in [0.4, 0.5) is 13.2 Å². The van der Waals surface area contributed by atoms with Crippen molar-refractivity contribution in [2.75, 3.05) is 0 Å². The van der Waals surface area contributed by atoms with Crippen LogP contribution in [-0.4, -0.2) is 11.3 Å². The number of nitrogens with zero attached hydrogens (tertiary/aromatic N) is 1. The van der Waals surface area contributed by atoms with Crippen molar-refractivity contribution in [1.82, 2.24) is 4.98 Å². The summed E-state index contributed by atoms with van der Waals surface area (Å²) in [6.45, 7) is 0. The fourth-order valence-corrected chi connectivity index (χ4v) is 1.31. The van der Waals surface area contributed by atoms with E-state index in [1.807, 2.05) is 0 Å². The zero-order valence-corrected chi connectivity index (χ0v) is 8.24. The molecule has 0 saturated carbocycles. The van der Waals surface area contributed by atoms with Crippen molar-refractivity contribution in [1.29, 1.82) is 0 Å². The lowest BCUT2D eigenvalue weighted by Crippen LogP contribution is -2.18. The maximum Gasteiger partial charge on any atom is 0.574 e. The lowest BCUT2D eigenvalue weighted by Gasteiger charge is -2.08. The molecule has 1 rings (SSSR count). The van der Waals surface area contributed by atoms with Crippen LogP contribution in [0.3, 0.4) is 0 Å². The Morgan fingerprint density at radius 3 is 2.54 bits per heavy atom. The van der Waals surface area contributed by atoms with Crippen molar-refractivity contribution in [3.63, 3.8) is 0 Å². The third-order valence-corrected chi connectivity index (χ3v) is 1.76. The molecule has 0 aliphatic carbocycles. The summed E-state index contributed by atoms with van der Waals surface area (Å²) in [5.74, 6) is -0.558. The average molecular weight is 276 g/mol. The van der Waals surface area contributed by atoms with E-state index in [-0.39, 0.29) is 9.50 Å². The van der Waals surface area contributed by atoms with Crippen molar-refractivity contribution < 1.29 is 17.9 Å². The number of ether oxygens (including phenoxy) is 1. The first-order chi connectivity index (χ1) is 5.88. The minimum Gasteiger partial charge on any atom is -0.387 e. The Bertz CT molecular complexity index is 317. The van der Waals surface area contributed by atoms with Crippen LogP contribution in [0.2, 0.25) is 5.02 Å². The molecule has 0 aliphatic heterocycles. The van der Waals surface area contributed by atoms with E-state index in [1.54, 1.807) is 0 Å². The Morgan fingerprint density at radius 1 is 1.46 bits per heavy atom. The van der Waals surface area contributed by atoms with Crippen LogP contribution in [0.1, 0.15) is 0 Å². The Hall–Kier alpha value is -0.490. The first kappa shape index (κ1) is 10.6. The van der Waals surface area contributed by atoms with Crippen LogP contribution >= 0.6 is 27.5 Å². The Morgan fingerprint density at radius 2 is 2.08 bits per heavy atom. The van der Waals surface area contributed by atoms with Gasteiger partial charge in [-0.15, -0.1) is 13.2 Å². The third-order valence-electron chi connectivity index (χ3n) is 0.986. The normalized spacial score (nSPS) is 11.5. The van der Waals surface area contributed by atoms with Gasteiger partial charge in [-0.2, -0.15) is 0 Å². The lowest BCUT2D eigenvalue weighted by atomic mass is 10.5. The van der Waals surface area contributed by atoms with Gasteiger partial charge in [0.15, 0.2) is 0 Å². The van der Waals surface area contributed by atoms with Crippen molar-refractivity contribution >= 4 is 27.5 Å². The molecule has 0 aliphatic rings. The van der Waals surface area contributed by atoms with Crippen molar-refractivity contribution in [2.24, 2.45) is 0 Å². The van der Waals surface area contributed by atoms with Gasteiger partial charge >= 0.3 is 6.36 Å². The summed E-state index contributed by atoms with van der Waals surface area (Å²) in [6.07, 6.45) is -3.68. The standard InChI is InChI=1S/C6H2BrClF3NO/c7-4-1-3(8)2-12-5(4)13-6(9,10)11/h1-2H. The Labute approximate surface area is 84.8 Å². The first-order valence-corrected chi connectivity index (χ1v) is 4.12. The molecule has 7 heteroatoms. The van der Waals surface area contributed by atoms with Crippen LogP contribution in [0.25, 0.3) is 0 Å². The average Bonchev–Trinajstić information content (AvgIpc) is 1.93. The van der Waals surface area contributed by atoms with Gasteiger partial charge in [0.25, 0.3) is 0 Å². The highest BCUT2D eigenvalue weighted by atomic mass is 79.9. The van der Waals surface area contributed by atoms with E-state index >= 15 is 0 Å². The summed E-state index contributed by atoms with van der Waals surface area (Å²) in [5.41, 5.74) is 0. The first-order valence-electron chi connectivity index (χ1n) is 2.95. The van der Waals surface area contributed by atoms with E-state index in [0.29, 0.717) is 0 Å². The van der Waals surface area contributed by atoms with Crippen molar-refractivity contribution in [3.8, 4) is 5.88 Å². The van der Waals surface area contributed by atoms with Crippen LogP contribution < -0.4 is 4.74 Å². The molecule has 72 valence electrons. The van der Waals surface area contributed by atoms with Crippen molar-refractivity contribution in [3.05, 3.63) is 21.8 Å². The predicted octanol–water partition coefficient (Wildman–Crippen LogP) is 3.40. The lowest BCUT2D eigenvalue weighted by molar-refractivity contribution is -0.276. The van der Waals surface area contributed by atoms with Crippen molar-refractivity contribution in [2.45, 2.75) is 6.36 Å². The summed E-state index contributed by atoms with van der Waals surface area (Å²) in [7, 11) is 0. The van der Waals surface area contributed by atoms with E-state index in [9.17, 15) is 13.2 Å². The molecule has 0 bridgehead atoms. The maximum atomic E-state index is 11.7. The summed E-state index contributed by atoms with van der Waals surface area (Å²) in [4.78, 5) is 3.34. The topological polar surface area (TPSA) is 22.1 Å². The van der Waals surface area contributed by atoms with Gasteiger partial charge in [-0.1, -0.05) is 11.6 Å². The fraction of sp³-hybridized carbons (Fsp3) is 0.167. The quantitative estimate of drug-likeness (QED) is 0.784. The molecule has 0 amide bonds. The predicted molar refractivity (Wildman–Crippen MR) is 43.6 cm³/mol. The second kappa shape index (κ2) is 3.71. The third kappa shape index (κ3) is 3.40. The molecule has 13 heavy (non-hydrogen) atoms. The van der Waals surface area contributed by atoms with Gasteiger partial charge in [0.05, 0.1) is 9.50 Å². The molecule has 1 aromatic heterocycles. The highest BCUT2D eigenvalue weighted by Crippen LogP contribution is 2.29. The number of pyridine rings is 1. The molecule has 0 atom stereocenters. The molecule has 0 fully saturated rings. The zero-order chi connectivity index (χ0) is 10.1. The summed E-state index contributed by atoms with van der Waals surface area (Å²) in [6, 6.07) is 1.26. The monoisotopic (exact) mass is 275 g/mol. The molecule has 0 aromatic carbocycles. The van der Waals surface area contributed by atoms with Gasteiger partial charge < -0.3 is 4.74 Å². The highest BCUT2D eigenvalue weighted by molar-refractivity contribution is 9.10. The zero-order valence-electron chi connectivity index (χ0n) is 5.90. The Kier molecular flexibility index (Phi) is 3.02. The van der Waals surface area contributed by atoms with E-state index in [2.05, 4.69) is 25.7 Å². The van der Waals surface area contributed by atoms with Gasteiger partial charge in [-0.05, 0) is 22.0 Å². The Balaban J connectivity index is 2.90. The second-order valence-corrected chi connectivity index (χ2v) is 3.28. The van der Waals surface area contributed by atoms with Crippen LogP contribution in [-0.2, 0) is 0 Å². The summed E-state index contributed by atoms with van der Waals surface area (Å²) < 4.78 is 38.7. The molecule has 0 radical (unpaired) electrons. The van der Waals surface area contributed by atoms with Gasteiger partial charge in [0.2, 0.25) is 5.88 Å². The van der Waals surface area contributed by atoms with E-state index in [1.165, 1.54) is 6.07 Å². The highest BCUT2D eigenvalue weighted by Gasteiger charge is 2.32. The molecule has 0 saturated heterocycles. The molecule has 2 nitrogen and oxygen atoms in total. The van der Waals surface area contributed by atoms with Gasteiger partial charge in [0, 0.05) is 6.20 Å². The fourth-order valence-electron chi connectivity index (χ4n) is 0.587. The van der Waals surface area contributed by atoms with Gasteiger partial charge in [-0.25, -0.2) is 4.98 Å². The number of rotatable bonds is 1. The SMILES string of the molecule is FC(F)(F)Oc1ncc(Cl)cc1Br. The summed E-state index contributed by atoms with van der Waals surface area (Å²) >= 11 is 8.29. The number of alkyl halides is 3. The summed E-state index contributed by atoms with van der Waals surface area (Å²) in [5, 5.41) is 0.224. The molecule has 0 unspecified atom stereocenters. The van der Waals surface area contributed by atoms with Gasteiger partial charge in [-0.3, -0.25) is 0 Å². The van der Waals surface area contributed by atoms with Crippen LogP contribution in [0.15, 0.2) is 16.7 Å². The maximum absolute atomic E-state index is 11.7. The minimum absolute atomic E-state index is 0.0531. The number of hydrogen-bond acceptors (Lipinski definition) is 2. The number of hydrogen-bond donors (Lipinski definition) is 0. The molecule has 1 aromatic rings. The minimum atomic E-state index is -4.75. The number of halogens is 5.